The van der Waals surface area contributed by atoms with E-state index in [1.54, 1.807) is 12.1 Å². The van der Waals surface area contributed by atoms with Gasteiger partial charge in [0.05, 0.1) is 4.90 Å². The van der Waals surface area contributed by atoms with Gasteiger partial charge in [0.2, 0.25) is 10.0 Å². The second-order valence-electron chi connectivity index (χ2n) is 11.8. The van der Waals surface area contributed by atoms with Crippen molar-refractivity contribution in [2.75, 3.05) is 6.54 Å². The summed E-state index contributed by atoms with van der Waals surface area (Å²) in [5.74, 6) is 2.41. The molecule has 0 radical (unpaired) electrons. The highest BCUT2D eigenvalue weighted by Gasteiger charge is 2.54. The molecule has 5 atom stereocenters. The van der Waals surface area contributed by atoms with Crippen LogP contribution in [-0.2, 0) is 21.2 Å². The van der Waals surface area contributed by atoms with Crippen LogP contribution in [0, 0.1) is 24.2 Å². The van der Waals surface area contributed by atoms with E-state index >= 15 is 0 Å². The number of carbonyl (C=O) groups excluding carboxylic acids is 1. The topological polar surface area (TPSA) is 63.2 Å². The third kappa shape index (κ3) is 4.69. The predicted molar refractivity (Wildman–Crippen MR) is 145 cm³/mol. The SMILES string of the molecule is CCCC[C@@H](CNS(=O)(=O)c1ccc(C)cc1)c1ccc2c(c1)CC[C@@H]1[C@@H]2CC[C@]2(C)C(=O)CC[C@@H]12. The van der Waals surface area contributed by atoms with Gasteiger partial charge in [-0.15, -0.1) is 0 Å². The Morgan fingerprint density at radius 3 is 2.58 bits per heavy atom. The summed E-state index contributed by atoms with van der Waals surface area (Å²) in [7, 11) is -3.53. The van der Waals surface area contributed by atoms with Crippen LogP contribution in [0.4, 0.5) is 0 Å². The van der Waals surface area contributed by atoms with Crippen molar-refractivity contribution >= 4 is 15.8 Å². The van der Waals surface area contributed by atoms with Crippen LogP contribution in [0.25, 0.3) is 0 Å². The van der Waals surface area contributed by atoms with Gasteiger partial charge < -0.3 is 0 Å². The molecule has 0 heterocycles. The highest BCUT2D eigenvalue weighted by molar-refractivity contribution is 7.89. The minimum atomic E-state index is -3.53. The Bertz CT molecular complexity index is 1220. The molecule has 5 rings (SSSR count). The van der Waals surface area contributed by atoms with Gasteiger partial charge in [0, 0.05) is 18.4 Å². The molecular formula is C31H41NO3S. The first-order valence-electron chi connectivity index (χ1n) is 14.0. The quantitative estimate of drug-likeness (QED) is 0.434. The molecule has 2 fully saturated rings. The second kappa shape index (κ2) is 10.1. The molecule has 2 saturated carbocycles. The van der Waals surface area contributed by atoms with Crippen molar-refractivity contribution in [3.63, 3.8) is 0 Å². The van der Waals surface area contributed by atoms with Gasteiger partial charge in [-0.1, -0.05) is 62.6 Å². The molecule has 3 aliphatic rings. The maximum Gasteiger partial charge on any atom is 0.240 e. The number of carbonyl (C=O) groups is 1. The number of nitrogens with one attached hydrogen (secondary N) is 1. The third-order valence-electron chi connectivity index (χ3n) is 9.69. The van der Waals surface area contributed by atoms with Crippen molar-refractivity contribution in [1.82, 2.24) is 4.72 Å². The van der Waals surface area contributed by atoms with E-state index in [0.29, 0.717) is 35.0 Å². The average molecular weight is 508 g/mol. The maximum atomic E-state index is 12.9. The molecule has 0 bridgehead atoms. The highest BCUT2D eigenvalue weighted by atomic mass is 32.2. The lowest BCUT2D eigenvalue weighted by Gasteiger charge is -2.48. The van der Waals surface area contributed by atoms with Gasteiger partial charge in [-0.3, -0.25) is 4.79 Å². The molecule has 0 saturated heterocycles. The molecule has 0 unspecified atom stereocenters. The summed E-state index contributed by atoms with van der Waals surface area (Å²) in [6.45, 7) is 6.80. The fourth-order valence-corrected chi connectivity index (χ4v) is 8.56. The van der Waals surface area contributed by atoms with Crippen LogP contribution >= 0.6 is 0 Å². The normalized spacial score (nSPS) is 28.3. The molecule has 36 heavy (non-hydrogen) atoms. The largest absolute Gasteiger partial charge is 0.299 e. The molecule has 0 amide bonds. The van der Waals surface area contributed by atoms with Crippen molar-refractivity contribution in [1.29, 1.82) is 0 Å². The highest BCUT2D eigenvalue weighted by Crippen LogP contribution is 2.59. The third-order valence-corrected chi connectivity index (χ3v) is 11.1. The molecule has 2 aromatic carbocycles. The summed E-state index contributed by atoms with van der Waals surface area (Å²) in [4.78, 5) is 13.0. The van der Waals surface area contributed by atoms with E-state index < -0.39 is 10.0 Å². The predicted octanol–water partition coefficient (Wildman–Crippen LogP) is 6.67. The summed E-state index contributed by atoms with van der Waals surface area (Å²) in [5.41, 5.74) is 5.16. The van der Waals surface area contributed by atoms with Crippen LogP contribution < -0.4 is 4.72 Å². The zero-order chi connectivity index (χ0) is 25.5. The molecule has 0 spiro atoms. The molecule has 0 aromatic heterocycles. The standard InChI is InChI=1S/C31H41NO3S/c1-4-5-6-24(20-32-36(34,35)25-11-7-21(2)8-12-25)22-9-13-26-23(19-22)10-14-28-27(26)17-18-31(3)29(28)15-16-30(31)33/h7-9,11-13,19,24,27-29,32H,4-6,10,14-18,20H2,1-3H3/t24-,27+,28+,29-,31-/m0/s1. The second-order valence-corrected chi connectivity index (χ2v) is 13.6. The van der Waals surface area contributed by atoms with Gasteiger partial charge in [0.15, 0.2) is 0 Å². The number of hydrogen-bond donors (Lipinski definition) is 1. The summed E-state index contributed by atoms with van der Waals surface area (Å²) < 4.78 is 28.8. The smallest absolute Gasteiger partial charge is 0.240 e. The van der Waals surface area contributed by atoms with Gasteiger partial charge >= 0.3 is 0 Å². The van der Waals surface area contributed by atoms with Gasteiger partial charge in [-0.05, 0) is 97.9 Å². The van der Waals surface area contributed by atoms with Crippen LogP contribution in [-0.4, -0.2) is 20.7 Å². The van der Waals surface area contributed by atoms with Crippen molar-refractivity contribution in [2.24, 2.45) is 17.3 Å². The Morgan fingerprint density at radius 2 is 1.83 bits per heavy atom. The molecular weight excluding hydrogens is 466 g/mol. The zero-order valence-electron chi connectivity index (χ0n) is 22.1. The Morgan fingerprint density at radius 1 is 1.06 bits per heavy atom. The van der Waals surface area contributed by atoms with E-state index in [4.69, 9.17) is 0 Å². The molecule has 1 N–H and O–H groups in total. The van der Waals surface area contributed by atoms with E-state index in [0.717, 1.165) is 56.9 Å². The van der Waals surface area contributed by atoms with E-state index in [1.165, 1.54) is 23.1 Å². The minimum Gasteiger partial charge on any atom is -0.299 e. The number of ketones is 1. The number of fused-ring (bicyclic) bond motifs is 5. The number of rotatable bonds is 8. The summed E-state index contributed by atoms with van der Waals surface area (Å²) in [5, 5.41) is 0. The summed E-state index contributed by atoms with van der Waals surface area (Å²) in [6.07, 6.45) is 9.37. The lowest BCUT2D eigenvalue weighted by atomic mass is 9.55. The fraction of sp³-hybridized carbons (Fsp3) is 0.581. The number of Topliss-reactive ketones (excluding diaryl/α,β-unsaturated/α-hetero) is 1. The summed E-state index contributed by atoms with van der Waals surface area (Å²) in [6, 6.07) is 14.0. The van der Waals surface area contributed by atoms with E-state index in [-0.39, 0.29) is 11.3 Å². The average Bonchev–Trinajstić information content (AvgIpc) is 3.18. The van der Waals surface area contributed by atoms with Crippen LogP contribution in [0.3, 0.4) is 0 Å². The van der Waals surface area contributed by atoms with E-state index in [2.05, 4.69) is 36.8 Å². The Labute approximate surface area is 217 Å². The first-order valence-corrected chi connectivity index (χ1v) is 15.4. The summed E-state index contributed by atoms with van der Waals surface area (Å²) >= 11 is 0. The monoisotopic (exact) mass is 507 g/mol. The Hall–Kier alpha value is -1.98. The number of aryl methyl sites for hydroxylation is 2. The lowest BCUT2D eigenvalue weighted by Crippen LogP contribution is -2.42. The number of hydrogen-bond acceptors (Lipinski definition) is 3. The molecule has 0 aliphatic heterocycles. The molecule has 3 aliphatic carbocycles. The van der Waals surface area contributed by atoms with Crippen molar-refractivity contribution < 1.29 is 13.2 Å². The lowest BCUT2D eigenvalue weighted by molar-refractivity contribution is -0.129. The first kappa shape index (κ1) is 25.7. The van der Waals surface area contributed by atoms with E-state index in [1.807, 2.05) is 19.1 Å². The van der Waals surface area contributed by atoms with Crippen molar-refractivity contribution in [3.8, 4) is 0 Å². The molecule has 2 aromatic rings. The fourth-order valence-electron chi connectivity index (χ4n) is 7.48. The zero-order valence-corrected chi connectivity index (χ0v) is 22.9. The molecule has 194 valence electrons. The molecule has 5 heteroatoms. The number of sulfonamides is 1. The molecule has 4 nitrogen and oxygen atoms in total. The minimum absolute atomic E-state index is 0.0849. The van der Waals surface area contributed by atoms with Gasteiger partial charge in [-0.2, -0.15) is 0 Å². The van der Waals surface area contributed by atoms with Gasteiger partial charge in [-0.25, -0.2) is 13.1 Å². The van der Waals surface area contributed by atoms with Crippen molar-refractivity contribution in [3.05, 3.63) is 64.7 Å². The van der Waals surface area contributed by atoms with Crippen LogP contribution in [0.5, 0.6) is 0 Å². The Kier molecular flexibility index (Phi) is 7.17. The van der Waals surface area contributed by atoms with Gasteiger partial charge in [0.1, 0.15) is 5.78 Å². The first-order chi connectivity index (χ1) is 17.2. The van der Waals surface area contributed by atoms with Crippen LogP contribution in [0.1, 0.15) is 99.3 Å². The number of benzene rings is 2. The number of unbranched alkanes of at least 4 members (excludes halogenated alkanes) is 1. The van der Waals surface area contributed by atoms with Crippen molar-refractivity contribution in [2.45, 2.75) is 95.3 Å². The van der Waals surface area contributed by atoms with Crippen LogP contribution in [0.15, 0.2) is 47.4 Å². The maximum absolute atomic E-state index is 12.9. The van der Waals surface area contributed by atoms with E-state index in [9.17, 15) is 13.2 Å². The van der Waals surface area contributed by atoms with Gasteiger partial charge in [0.25, 0.3) is 0 Å². The van der Waals surface area contributed by atoms with Crippen LogP contribution in [0.2, 0.25) is 0 Å². The Balaban J connectivity index is 1.35.